The maximum absolute atomic E-state index is 13.4. The molecule has 1 aromatic heterocycles. The zero-order valence-corrected chi connectivity index (χ0v) is 9.91. The van der Waals surface area contributed by atoms with E-state index in [1.165, 1.54) is 18.2 Å². The number of nitrogens with one attached hydrogen (secondary N) is 2. The van der Waals surface area contributed by atoms with E-state index in [1.54, 1.807) is 0 Å². The van der Waals surface area contributed by atoms with E-state index in [0.717, 1.165) is 0 Å². The molecule has 0 fully saturated rings. The predicted molar refractivity (Wildman–Crippen MR) is 61.1 cm³/mol. The highest BCUT2D eigenvalue weighted by molar-refractivity contribution is 6.31. The van der Waals surface area contributed by atoms with Crippen molar-refractivity contribution >= 4 is 17.5 Å². The summed E-state index contributed by atoms with van der Waals surface area (Å²) in [6.07, 6.45) is -0.136. The lowest BCUT2D eigenvalue weighted by Gasteiger charge is -2.05. The molecule has 0 unspecified atom stereocenters. The molecule has 6 nitrogen and oxygen atoms in total. The Bertz CT molecular complexity index is 525. The summed E-state index contributed by atoms with van der Waals surface area (Å²) in [6, 6.07) is 4.28. The van der Waals surface area contributed by atoms with Crippen molar-refractivity contribution in [2.45, 2.75) is 13.0 Å². The van der Waals surface area contributed by atoms with Gasteiger partial charge in [-0.1, -0.05) is 22.9 Å². The minimum atomic E-state index is -0.503. The van der Waals surface area contributed by atoms with Gasteiger partial charge in [-0.15, -0.1) is 10.2 Å². The molecule has 0 bridgehead atoms. The van der Waals surface area contributed by atoms with E-state index in [9.17, 15) is 9.18 Å². The van der Waals surface area contributed by atoms with Gasteiger partial charge in [0.25, 0.3) is 0 Å². The number of hydrogen-bond donors (Lipinski definition) is 2. The fraction of sp³-hybridized carbons (Fsp3) is 0.200. The number of aromatic nitrogens is 4. The van der Waals surface area contributed by atoms with Crippen molar-refractivity contribution in [2.75, 3.05) is 0 Å². The molecule has 0 atom stereocenters. The molecule has 1 aromatic carbocycles. The van der Waals surface area contributed by atoms with Crippen LogP contribution < -0.4 is 5.32 Å². The van der Waals surface area contributed by atoms with E-state index in [1.807, 2.05) is 0 Å². The average Bonchev–Trinajstić information content (AvgIpc) is 2.84. The minimum absolute atomic E-state index is 0.126. The lowest BCUT2D eigenvalue weighted by Crippen LogP contribution is -2.25. The Hall–Kier alpha value is -2.02. The van der Waals surface area contributed by atoms with Crippen LogP contribution in [0.1, 0.15) is 11.4 Å². The van der Waals surface area contributed by atoms with Crippen molar-refractivity contribution in [1.29, 1.82) is 0 Å². The Morgan fingerprint density at radius 2 is 2.33 bits per heavy atom. The zero-order valence-electron chi connectivity index (χ0n) is 9.15. The highest BCUT2D eigenvalue weighted by atomic mass is 35.5. The van der Waals surface area contributed by atoms with E-state index in [4.69, 9.17) is 11.6 Å². The Morgan fingerprint density at radius 1 is 1.50 bits per heavy atom. The molecule has 1 heterocycles. The Balaban J connectivity index is 1.95. The van der Waals surface area contributed by atoms with Crippen LogP contribution in [0.15, 0.2) is 18.2 Å². The third-order valence-corrected chi connectivity index (χ3v) is 2.59. The Morgan fingerprint density at radius 3 is 3.00 bits per heavy atom. The molecule has 0 saturated carbocycles. The second-order valence-corrected chi connectivity index (χ2v) is 3.89. The topological polar surface area (TPSA) is 83.6 Å². The molecule has 8 heteroatoms. The molecular weight excluding hydrogens is 261 g/mol. The molecule has 94 valence electrons. The van der Waals surface area contributed by atoms with Gasteiger partial charge in [-0.05, 0) is 12.1 Å². The van der Waals surface area contributed by atoms with Crippen LogP contribution >= 0.6 is 11.6 Å². The summed E-state index contributed by atoms with van der Waals surface area (Å²) in [5.74, 6) is -0.521. The van der Waals surface area contributed by atoms with Crippen LogP contribution in [0.2, 0.25) is 5.02 Å². The molecule has 2 aromatic rings. The molecule has 2 rings (SSSR count). The molecule has 2 N–H and O–H groups in total. The first-order valence-corrected chi connectivity index (χ1v) is 5.46. The number of carbonyl (C=O) groups is 1. The first kappa shape index (κ1) is 12.4. The second-order valence-electron chi connectivity index (χ2n) is 3.48. The van der Waals surface area contributed by atoms with Gasteiger partial charge < -0.3 is 5.32 Å². The quantitative estimate of drug-likeness (QED) is 0.862. The van der Waals surface area contributed by atoms with Crippen molar-refractivity contribution in [3.05, 3.63) is 40.4 Å². The van der Waals surface area contributed by atoms with Gasteiger partial charge in [0, 0.05) is 10.6 Å². The predicted octanol–water partition coefficient (Wildman–Crippen LogP) is 0.851. The van der Waals surface area contributed by atoms with Gasteiger partial charge in [0.05, 0.1) is 13.0 Å². The van der Waals surface area contributed by atoms with Crippen molar-refractivity contribution in [3.63, 3.8) is 0 Å². The number of H-pyrrole nitrogens is 1. The molecule has 0 spiro atoms. The summed E-state index contributed by atoms with van der Waals surface area (Å²) in [5, 5.41) is 15.7. The number of aromatic amines is 1. The van der Waals surface area contributed by atoms with Gasteiger partial charge in [0.15, 0.2) is 5.82 Å². The zero-order chi connectivity index (χ0) is 13.0. The number of hydrogen-bond acceptors (Lipinski definition) is 4. The number of nitrogens with zero attached hydrogens (tertiary/aromatic N) is 3. The summed E-state index contributed by atoms with van der Waals surface area (Å²) in [4.78, 5) is 11.6. The van der Waals surface area contributed by atoms with E-state index in [-0.39, 0.29) is 29.5 Å². The normalized spacial score (nSPS) is 10.3. The third kappa shape index (κ3) is 3.01. The summed E-state index contributed by atoms with van der Waals surface area (Å²) >= 11 is 5.81. The number of carbonyl (C=O) groups excluding carboxylic acids is 1. The van der Waals surface area contributed by atoms with Crippen LogP contribution in [-0.4, -0.2) is 26.5 Å². The largest absolute Gasteiger partial charge is 0.348 e. The van der Waals surface area contributed by atoms with Crippen molar-refractivity contribution in [3.8, 4) is 0 Å². The lowest BCUT2D eigenvalue weighted by molar-refractivity contribution is -0.120. The Labute approximate surface area is 107 Å². The van der Waals surface area contributed by atoms with Gasteiger partial charge in [0.1, 0.15) is 5.82 Å². The standard InChI is InChI=1S/C10H9ClFN5O/c11-7-2-1-3-8(12)6(7)4-10(18)13-5-9-14-16-17-15-9/h1-3H,4-5H2,(H,13,18)(H,14,15,16,17). The number of halogens is 2. The molecular formula is C10H9ClFN5O. The van der Waals surface area contributed by atoms with E-state index < -0.39 is 5.82 Å². The molecule has 0 aliphatic heterocycles. The second kappa shape index (κ2) is 5.54. The van der Waals surface area contributed by atoms with Crippen molar-refractivity contribution in [1.82, 2.24) is 25.9 Å². The van der Waals surface area contributed by atoms with Crippen LogP contribution in [0, 0.1) is 5.82 Å². The van der Waals surface area contributed by atoms with Crippen LogP contribution in [0.25, 0.3) is 0 Å². The molecule has 0 radical (unpaired) electrons. The first-order chi connectivity index (χ1) is 8.66. The first-order valence-electron chi connectivity index (χ1n) is 5.08. The van der Waals surface area contributed by atoms with E-state index in [0.29, 0.717) is 5.82 Å². The number of rotatable bonds is 4. The van der Waals surface area contributed by atoms with Gasteiger partial charge in [-0.25, -0.2) is 4.39 Å². The molecule has 1 amide bonds. The van der Waals surface area contributed by atoms with Crippen molar-refractivity contribution in [2.24, 2.45) is 0 Å². The number of benzene rings is 1. The van der Waals surface area contributed by atoms with E-state index >= 15 is 0 Å². The highest BCUT2D eigenvalue weighted by Crippen LogP contribution is 2.19. The maximum Gasteiger partial charge on any atom is 0.224 e. The minimum Gasteiger partial charge on any atom is -0.348 e. The fourth-order valence-corrected chi connectivity index (χ4v) is 1.59. The fourth-order valence-electron chi connectivity index (χ4n) is 1.36. The lowest BCUT2D eigenvalue weighted by atomic mass is 10.1. The highest BCUT2D eigenvalue weighted by Gasteiger charge is 2.12. The third-order valence-electron chi connectivity index (χ3n) is 2.23. The van der Waals surface area contributed by atoms with Gasteiger partial charge in [0.2, 0.25) is 5.91 Å². The van der Waals surface area contributed by atoms with Crippen LogP contribution in [0.5, 0.6) is 0 Å². The molecule has 0 saturated heterocycles. The summed E-state index contributed by atoms with van der Waals surface area (Å²) in [6.45, 7) is 0.126. The van der Waals surface area contributed by atoms with Crippen molar-refractivity contribution < 1.29 is 9.18 Å². The van der Waals surface area contributed by atoms with Gasteiger partial charge in [-0.2, -0.15) is 5.21 Å². The van der Waals surface area contributed by atoms with Crippen LogP contribution in [0.4, 0.5) is 4.39 Å². The van der Waals surface area contributed by atoms with Crippen LogP contribution in [-0.2, 0) is 17.8 Å². The summed E-state index contributed by atoms with van der Waals surface area (Å²) in [5.41, 5.74) is 0.171. The summed E-state index contributed by atoms with van der Waals surface area (Å²) < 4.78 is 13.4. The monoisotopic (exact) mass is 269 g/mol. The average molecular weight is 270 g/mol. The Kier molecular flexibility index (Phi) is 3.83. The molecule has 18 heavy (non-hydrogen) atoms. The molecule has 0 aliphatic rings. The summed E-state index contributed by atoms with van der Waals surface area (Å²) in [7, 11) is 0. The smallest absolute Gasteiger partial charge is 0.224 e. The molecule has 0 aliphatic carbocycles. The maximum atomic E-state index is 13.4. The number of tetrazole rings is 1. The SMILES string of the molecule is O=C(Cc1c(F)cccc1Cl)NCc1nn[nH]n1. The number of amides is 1. The van der Waals surface area contributed by atoms with Gasteiger partial charge in [-0.3, -0.25) is 4.79 Å². The van der Waals surface area contributed by atoms with Crippen LogP contribution in [0.3, 0.4) is 0 Å². The van der Waals surface area contributed by atoms with E-state index in [2.05, 4.69) is 25.9 Å². The van der Waals surface area contributed by atoms with Gasteiger partial charge >= 0.3 is 0 Å².